The number of hydrogen-bond acceptors (Lipinski definition) is 2. The van der Waals surface area contributed by atoms with Crippen LogP contribution in [0.1, 0.15) is 23.9 Å². The van der Waals surface area contributed by atoms with E-state index >= 15 is 0 Å². The van der Waals surface area contributed by atoms with Gasteiger partial charge in [-0.3, -0.25) is 0 Å². The second-order valence-electron chi connectivity index (χ2n) is 3.56. The highest BCUT2D eigenvalue weighted by Gasteiger charge is 2.12. The molecule has 0 aliphatic carbocycles. The van der Waals surface area contributed by atoms with Crippen LogP contribution in [0.4, 0.5) is 4.39 Å². The summed E-state index contributed by atoms with van der Waals surface area (Å²) in [5.41, 5.74) is 1.18. The molecule has 2 aromatic rings. The van der Waals surface area contributed by atoms with E-state index in [1.54, 1.807) is 18.3 Å². The number of halogens is 3. The van der Waals surface area contributed by atoms with E-state index in [0.29, 0.717) is 5.69 Å². The van der Waals surface area contributed by atoms with Crippen LogP contribution in [0, 0.1) is 5.82 Å². The summed E-state index contributed by atoms with van der Waals surface area (Å²) < 4.78 is 15.9. The van der Waals surface area contributed by atoms with E-state index in [-0.39, 0.29) is 10.6 Å². The van der Waals surface area contributed by atoms with Crippen LogP contribution in [0.5, 0.6) is 0 Å². The van der Waals surface area contributed by atoms with Gasteiger partial charge >= 0.3 is 0 Å². The van der Waals surface area contributed by atoms with Gasteiger partial charge in [0.15, 0.2) is 0 Å². The first-order valence-corrected chi connectivity index (χ1v) is 6.84. The van der Waals surface area contributed by atoms with Gasteiger partial charge in [-0.2, -0.15) is 0 Å². The number of alkyl halides is 1. The number of benzene rings is 1. The molecule has 1 atom stereocenters. The van der Waals surface area contributed by atoms with Crippen molar-refractivity contribution in [3.63, 3.8) is 0 Å². The van der Waals surface area contributed by atoms with E-state index in [1.165, 1.54) is 10.7 Å². The predicted octanol–water partition coefficient (Wildman–Crippen LogP) is 4.01. The van der Waals surface area contributed by atoms with Gasteiger partial charge in [0.1, 0.15) is 11.5 Å². The molecule has 2 rings (SSSR count). The van der Waals surface area contributed by atoms with Crippen LogP contribution in [-0.4, -0.2) is 15.0 Å². The molecule has 0 spiro atoms. The van der Waals surface area contributed by atoms with Gasteiger partial charge < -0.3 is 0 Å². The Bertz CT molecular complexity index is 527. The number of rotatable bonds is 3. The second kappa shape index (κ2) is 5.27. The van der Waals surface area contributed by atoms with Crippen LogP contribution < -0.4 is 0 Å². The molecule has 0 N–H and O–H groups in total. The molecular weight excluding hydrogens is 353 g/mol. The molecule has 1 aromatic heterocycles. The van der Waals surface area contributed by atoms with Gasteiger partial charge in [-0.25, -0.2) is 9.07 Å². The zero-order valence-corrected chi connectivity index (χ0v) is 12.2. The molecule has 0 amide bonds. The minimum atomic E-state index is -0.327. The van der Waals surface area contributed by atoms with E-state index in [4.69, 9.17) is 0 Å². The maximum absolute atomic E-state index is 13.6. The van der Waals surface area contributed by atoms with Crippen molar-refractivity contribution < 1.29 is 4.39 Å². The molecular formula is C11H10Br2FN3. The fourth-order valence-electron chi connectivity index (χ4n) is 1.41. The first-order chi connectivity index (χ1) is 8.11. The molecule has 90 valence electrons. The lowest BCUT2D eigenvalue weighted by Gasteiger charge is -2.02. The molecule has 0 aliphatic heterocycles. The van der Waals surface area contributed by atoms with Gasteiger partial charge in [-0.15, -0.1) is 5.10 Å². The van der Waals surface area contributed by atoms with Gasteiger partial charge in [0.2, 0.25) is 0 Å². The third-order valence-corrected chi connectivity index (χ3v) is 3.96. The molecule has 0 bridgehead atoms. The van der Waals surface area contributed by atoms with Crippen molar-refractivity contribution in [1.82, 2.24) is 15.0 Å². The highest BCUT2D eigenvalue weighted by atomic mass is 79.9. The van der Waals surface area contributed by atoms with Crippen molar-refractivity contribution in [1.29, 1.82) is 0 Å². The summed E-state index contributed by atoms with van der Waals surface area (Å²) in [5, 5.41) is 7.95. The minimum Gasteiger partial charge on any atom is -0.217 e. The van der Waals surface area contributed by atoms with Crippen LogP contribution in [0.2, 0.25) is 0 Å². The largest absolute Gasteiger partial charge is 0.217 e. The lowest BCUT2D eigenvalue weighted by atomic mass is 10.2. The van der Waals surface area contributed by atoms with Gasteiger partial charge in [0.05, 0.1) is 16.7 Å². The third kappa shape index (κ3) is 2.74. The van der Waals surface area contributed by atoms with Crippen LogP contribution in [0.15, 0.2) is 28.9 Å². The fraction of sp³-hybridized carbons (Fsp3) is 0.273. The molecule has 17 heavy (non-hydrogen) atoms. The fourth-order valence-corrected chi connectivity index (χ4v) is 1.97. The van der Waals surface area contributed by atoms with Crippen LogP contribution in [0.25, 0.3) is 5.69 Å². The van der Waals surface area contributed by atoms with Gasteiger partial charge in [0, 0.05) is 4.47 Å². The zero-order chi connectivity index (χ0) is 12.4. The molecule has 1 heterocycles. The van der Waals surface area contributed by atoms with Crippen LogP contribution in [0.3, 0.4) is 0 Å². The lowest BCUT2D eigenvalue weighted by molar-refractivity contribution is 0.606. The number of aromatic nitrogens is 3. The normalized spacial score (nSPS) is 12.7. The van der Waals surface area contributed by atoms with E-state index in [1.807, 2.05) is 6.92 Å². The predicted molar refractivity (Wildman–Crippen MR) is 71.0 cm³/mol. The maximum atomic E-state index is 13.6. The van der Waals surface area contributed by atoms with Crippen molar-refractivity contribution in [2.45, 2.75) is 18.2 Å². The van der Waals surface area contributed by atoms with Crippen molar-refractivity contribution in [3.8, 4) is 5.69 Å². The van der Waals surface area contributed by atoms with E-state index < -0.39 is 0 Å². The Hall–Kier alpha value is -0.750. The molecule has 0 fully saturated rings. The monoisotopic (exact) mass is 361 g/mol. The molecule has 0 radical (unpaired) electrons. The summed E-state index contributed by atoms with van der Waals surface area (Å²) in [6.07, 6.45) is 2.63. The molecule has 0 saturated carbocycles. The maximum Gasteiger partial charge on any atom is 0.148 e. The summed E-state index contributed by atoms with van der Waals surface area (Å²) in [4.78, 5) is 0.145. The van der Waals surface area contributed by atoms with Gasteiger partial charge in [0.25, 0.3) is 0 Å². The van der Waals surface area contributed by atoms with Crippen molar-refractivity contribution in [3.05, 3.63) is 40.4 Å². The Morgan fingerprint density at radius 1 is 1.47 bits per heavy atom. The van der Waals surface area contributed by atoms with E-state index in [0.717, 1.165) is 16.6 Å². The average Bonchev–Trinajstić information content (AvgIpc) is 2.80. The topological polar surface area (TPSA) is 30.7 Å². The molecule has 3 nitrogen and oxygen atoms in total. The Kier molecular flexibility index (Phi) is 3.93. The molecule has 1 aromatic carbocycles. The van der Waals surface area contributed by atoms with Gasteiger partial charge in [-0.05, 0) is 24.6 Å². The zero-order valence-electron chi connectivity index (χ0n) is 9.07. The number of nitrogens with zero attached hydrogens (tertiary/aromatic N) is 3. The first-order valence-electron chi connectivity index (χ1n) is 5.13. The summed E-state index contributed by atoms with van der Waals surface area (Å²) in [6, 6.07) is 4.71. The average molecular weight is 363 g/mol. The van der Waals surface area contributed by atoms with Crippen molar-refractivity contribution in [2.24, 2.45) is 0 Å². The van der Waals surface area contributed by atoms with Gasteiger partial charge in [-0.1, -0.05) is 44.0 Å². The van der Waals surface area contributed by atoms with Crippen LogP contribution >= 0.6 is 31.9 Å². The molecule has 0 aliphatic rings. The van der Waals surface area contributed by atoms with Crippen LogP contribution in [-0.2, 0) is 0 Å². The minimum absolute atomic E-state index is 0.145. The Morgan fingerprint density at radius 3 is 2.94 bits per heavy atom. The lowest BCUT2D eigenvalue weighted by Crippen LogP contribution is -1.98. The second-order valence-corrected chi connectivity index (χ2v) is 5.58. The molecule has 0 saturated heterocycles. The molecule has 1 unspecified atom stereocenters. The first kappa shape index (κ1) is 12.7. The summed E-state index contributed by atoms with van der Waals surface area (Å²) in [7, 11) is 0. The van der Waals surface area contributed by atoms with E-state index in [2.05, 4.69) is 42.2 Å². The Balaban J connectivity index is 2.40. The Labute approximate surface area is 115 Å². The van der Waals surface area contributed by atoms with E-state index in [9.17, 15) is 4.39 Å². The summed E-state index contributed by atoms with van der Waals surface area (Å²) >= 11 is 6.79. The van der Waals surface area contributed by atoms with Crippen molar-refractivity contribution >= 4 is 31.9 Å². The standard InChI is InChI=1S/C11H10Br2FN3/c1-2-8(13)10-6-17(16-15-10)11-5-7(12)3-4-9(11)14/h3-6,8H,2H2,1H3. The highest BCUT2D eigenvalue weighted by Crippen LogP contribution is 2.25. The highest BCUT2D eigenvalue weighted by molar-refractivity contribution is 9.10. The van der Waals surface area contributed by atoms with Crippen molar-refractivity contribution in [2.75, 3.05) is 0 Å². The Morgan fingerprint density at radius 2 is 2.24 bits per heavy atom. The number of hydrogen-bond donors (Lipinski definition) is 0. The SMILES string of the molecule is CCC(Br)c1cn(-c2cc(Br)ccc2F)nn1. The quantitative estimate of drug-likeness (QED) is 0.772. The smallest absolute Gasteiger partial charge is 0.148 e. The molecule has 6 heteroatoms. The summed E-state index contributed by atoms with van der Waals surface area (Å²) in [5.74, 6) is -0.327. The third-order valence-electron chi connectivity index (χ3n) is 2.35. The summed E-state index contributed by atoms with van der Waals surface area (Å²) in [6.45, 7) is 2.04.